The number of aliphatic hydroxyl groups excluding tert-OH is 1. The number of aliphatic hydroxyl groups is 1. The molecule has 0 spiro atoms. The summed E-state index contributed by atoms with van der Waals surface area (Å²) in [6.07, 6.45) is 2.82. The third-order valence-electron chi connectivity index (χ3n) is 2.55. The van der Waals surface area contributed by atoms with Crippen LogP contribution in [0.5, 0.6) is 0 Å². The Hall–Kier alpha value is -1.02. The van der Waals surface area contributed by atoms with Crippen LogP contribution >= 0.6 is 11.8 Å². The Kier molecular flexibility index (Phi) is 6.71. The summed E-state index contributed by atoms with van der Waals surface area (Å²) >= 11 is 1.72. The molecule has 0 saturated heterocycles. The van der Waals surface area contributed by atoms with Crippen molar-refractivity contribution in [2.24, 2.45) is 0 Å². The van der Waals surface area contributed by atoms with Crippen molar-refractivity contribution in [3.63, 3.8) is 0 Å². The Bertz CT molecular complexity index is 350. The molecule has 0 aliphatic rings. The van der Waals surface area contributed by atoms with E-state index in [9.17, 15) is 5.11 Å². The van der Waals surface area contributed by atoms with Gasteiger partial charge in [0, 0.05) is 0 Å². The fourth-order valence-electron chi connectivity index (χ4n) is 1.60. The minimum Gasteiger partial charge on any atom is -0.394 e. The van der Waals surface area contributed by atoms with Gasteiger partial charge in [0.25, 0.3) is 0 Å². The number of hydrogen-bond donors (Lipinski definition) is 2. The maximum Gasteiger partial charge on any atom is 0.0966 e. The van der Waals surface area contributed by atoms with E-state index in [0.29, 0.717) is 0 Å². The zero-order chi connectivity index (χ0) is 12.5. The normalized spacial score (nSPS) is 13.9. The number of benzene rings is 1. The van der Waals surface area contributed by atoms with E-state index in [1.54, 1.807) is 11.8 Å². The molecule has 1 aromatic rings. The molecule has 1 rings (SSSR count). The molecule has 1 aromatic carbocycles. The molecule has 0 fully saturated rings. The highest BCUT2D eigenvalue weighted by molar-refractivity contribution is 7.98. The minimum atomic E-state index is -0.209. The number of thioether (sulfide) groups is 1. The lowest BCUT2D eigenvalue weighted by Gasteiger charge is -2.20. The van der Waals surface area contributed by atoms with Gasteiger partial charge >= 0.3 is 0 Å². The number of hydrogen-bond acceptors (Lipinski definition) is 4. The number of rotatable bonds is 7. The largest absolute Gasteiger partial charge is 0.394 e. The molecule has 2 N–H and O–H groups in total. The lowest BCUT2D eigenvalue weighted by atomic mass is 10.1. The molecular weight excluding hydrogens is 232 g/mol. The van der Waals surface area contributed by atoms with Gasteiger partial charge in [-0.25, -0.2) is 0 Å². The summed E-state index contributed by atoms with van der Waals surface area (Å²) in [6, 6.07) is 11.6. The number of nitriles is 1. The van der Waals surface area contributed by atoms with E-state index in [0.717, 1.165) is 17.7 Å². The second kappa shape index (κ2) is 8.13. The molecule has 0 aliphatic carbocycles. The lowest BCUT2D eigenvalue weighted by molar-refractivity contribution is 0.238. The summed E-state index contributed by atoms with van der Waals surface area (Å²) < 4.78 is 0. The molecule has 0 amide bonds. The van der Waals surface area contributed by atoms with Crippen molar-refractivity contribution in [3.8, 4) is 6.07 Å². The van der Waals surface area contributed by atoms with Gasteiger partial charge in [0.05, 0.1) is 24.8 Å². The highest BCUT2D eigenvalue weighted by Gasteiger charge is 2.15. The first-order valence-electron chi connectivity index (χ1n) is 5.62. The van der Waals surface area contributed by atoms with Crippen LogP contribution in [0.3, 0.4) is 0 Å². The highest BCUT2D eigenvalue weighted by atomic mass is 32.2. The quantitative estimate of drug-likeness (QED) is 0.776. The molecule has 0 bridgehead atoms. The summed E-state index contributed by atoms with van der Waals surface area (Å²) in [5.41, 5.74) is 1.01. The van der Waals surface area contributed by atoms with Gasteiger partial charge in [-0.2, -0.15) is 17.0 Å². The van der Waals surface area contributed by atoms with Crippen molar-refractivity contribution < 1.29 is 5.11 Å². The van der Waals surface area contributed by atoms with E-state index in [1.807, 2.05) is 36.6 Å². The van der Waals surface area contributed by atoms with E-state index < -0.39 is 0 Å². The molecule has 2 atom stereocenters. The van der Waals surface area contributed by atoms with Crippen LogP contribution < -0.4 is 5.32 Å². The first-order chi connectivity index (χ1) is 8.31. The van der Waals surface area contributed by atoms with Gasteiger partial charge in [-0.1, -0.05) is 30.3 Å². The molecule has 4 heteroatoms. The molecule has 0 saturated carbocycles. The van der Waals surface area contributed by atoms with Crippen LogP contribution in [0.15, 0.2) is 30.3 Å². The molecular formula is C13H18N2OS. The SMILES string of the molecule is CSCC[C@@H](C#N)N[C@H](CO)c1ccccc1. The molecule has 0 heterocycles. The maximum absolute atomic E-state index is 9.37. The second-order valence-corrected chi connectivity index (χ2v) is 4.76. The zero-order valence-corrected chi connectivity index (χ0v) is 10.8. The molecule has 0 aromatic heterocycles. The molecule has 92 valence electrons. The third kappa shape index (κ3) is 4.78. The van der Waals surface area contributed by atoms with Crippen LogP contribution in [0.1, 0.15) is 18.0 Å². The number of nitrogens with one attached hydrogen (secondary N) is 1. The monoisotopic (exact) mass is 250 g/mol. The third-order valence-corrected chi connectivity index (χ3v) is 3.20. The zero-order valence-electron chi connectivity index (χ0n) is 9.97. The maximum atomic E-state index is 9.37. The predicted molar refractivity (Wildman–Crippen MR) is 71.8 cm³/mol. The molecule has 17 heavy (non-hydrogen) atoms. The van der Waals surface area contributed by atoms with E-state index in [1.165, 1.54) is 0 Å². The van der Waals surface area contributed by atoms with E-state index >= 15 is 0 Å². The average molecular weight is 250 g/mol. The Balaban J connectivity index is 2.60. The van der Waals surface area contributed by atoms with Crippen LogP contribution in [-0.4, -0.2) is 29.8 Å². The van der Waals surface area contributed by atoms with Crippen molar-refractivity contribution in [3.05, 3.63) is 35.9 Å². The van der Waals surface area contributed by atoms with E-state index in [2.05, 4.69) is 11.4 Å². The van der Waals surface area contributed by atoms with Crippen LogP contribution in [-0.2, 0) is 0 Å². The Labute approximate surface area is 107 Å². The van der Waals surface area contributed by atoms with Crippen LogP contribution in [0.25, 0.3) is 0 Å². The topological polar surface area (TPSA) is 56.0 Å². The molecule has 0 radical (unpaired) electrons. The van der Waals surface area contributed by atoms with Gasteiger partial charge in [0.15, 0.2) is 0 Å². The number of nitrogens with zero attached hydrogens (tertiary/aromatic N) is 1. The lowest BCUT2D eigenvalue weighted by Crippen LogP contribution is -2.34. The Morgan fingerprint density at radius 1 is 1.41 bits per heavy atom. The van der Waals surface area contributed by atoms with Gasteiger partial charge in [-0.05, 0) is 24.0 Å². The van der Waals surface area contributed by atoms with E-state index in [-0.39, 0.29) is 18.7 Å². The smallest absolute Gasteiger partial charge is 0.0966 e. The van der Waals surface area contributed by atoms with Gasteiger partial charge in [0.1, 0.15) is 0 Å². The molecule has 0 aliphatic heterocycles. The summed E-state index contributed by atoms with van der Waals surface area (Å²) in [6.45, 7) is 0.00145. The summed E-state index contributed by atoms with van der Waals surface area (Å²) in [5, 5.41) is 21.6. The van der Waals surface area contributed by atoms with E-state index in [4.69, 9.17) is 5.26 Å². The minimum absolute atomic E-state index is 0.00145. The highest BCUT2D eigenvalue weighted by Crippen LogP contribution is 2.13. The Morgan fingerprint density at radius 2 is 2.12 bits per heavy atom. The van der Waals surface area contributed by atoms with Gasteiger partial charge < -0.3 is 5.11 Å². The fraction of sp³-hybridized carbons (Fsp3) is 0.462. The summed E-state index contributed by atoms with van der Waals surface area (Å²) in [5.74, 6) is 0.943. The standard InChI is InChI=1S/C13H18N2OS/c1-17-8-7-12(9-14)15-13(10-16)11-5-3-2-4-6-11/h2-6,12-13,15-16H,7-8,10H2,1H3/t12-,13+/m0/s1. The van der Waals surface area contributed by atoms with Crippen LogP contribution in [0.2, 0.25) is 0 Å². The first kappa shape index (κ1) is 14.0. The van der Waals surface area contributed by atoms with Crippen molar-refractivity contribution in [1.82, 2.24) is 5.32 Å². The van der Waals surface area contributed by atoms with Gasteiger partial charge in [-0.15, -0.1) is 0 Å². The van der Waals surface area contributed by atoms with Gasteiger partial charge in [-0.3, -0.25) is 5.32 Å². The van der Waals surface area contributed by atoms with Crippen molar-refractivity contribution in [1.29, 1.82) is 5.26 Å². The van der Waals surface area contributed by atoms with Crippen LogP contribution in [0, 0.1) is 11.3 Å². The van der Waals surface area contributed by atoms with Gasteiger partial charge in [0.2, 0.25) is 0 Å². The van der Waals surface area contributed by atoms with Crippen molar-refractivity contribution >= 4 is 11.8 Å². The summed E-state index contributed by atoms with van der Waals surface area (Å²) in [4.78, 5) is 0. The molecule has 3 nitrogen and oxygen atoms in total. The summed E-state index contributed by atoms with van der Waals surface area (Å²) in [7, 11) is 0. The molecule has 0 unspecified atom stereocenters. The first-order valence-corrected chi connectivity index (χ1v) is 7.01. The fourth-order valence-corrected chi connectivity index (χ4v) is 2.07. The van der Waals surface area contributed by atoms with Crippen molar-refractivity contribution in [2.45, 2.75) is 18.5 Å². The Morgan fingerprint density at radius 3 is 2.65 bits per heavy atom. The predicted octanol–water partition coefficient (Wildman–Crippen LogP) is 1.95. The second-order valence-electron chi connectivity index (χ2n) is 3.78. The average Bonchev–Trinajstić information content (AvgIpc) is 2.40. The van der Waals surface area contributed by atoms with Crippen molar-refractivity contribution in [2.75, 3.05) is 18.6 Å². The van der Waals surface area contributed by atoms with Crippen LogP contribution in [0.4, 0.5) is 0 Å².